The van der Waals surface area contributed by atoms with Crippen LogP contribution in [0, 0.1) is 18.3 Å². The first-order chi connectivity index (χ1) is 9.76. The molecule has 0 radical (unpaired) electrons. The molecule has 2 aliphatic carbocycles. The largest absolute Gasteiger partial charge is 0.345 e. The molecule has 0 unspecified atom stereocenters. The second-order valence-electron chi connectivity index (χ2n) is 5.78. The molecule has 0 aliphatic heterocycles. The zero-order valence-electron chi connectivity index (χ0n) is 11.6. The minimum atomic E-state index is 0.612. The summed E-state index contributed by atoms with van der Waals surface area (Å²) < 4.78 is 0. The molecule has 1 aromatic rings. The van der Waals surface area contributed by atoms with Gasteiger partial charge in [-0.3, -0.25) is 0 Å². The van der Waals surface area contributed by atoms with Crippen LogP contribution in [0.5, 0.6) is 0 Å². The summed E-state index contributed by atoms with van der Waals surface area (Å²) in [7, 11) is 0. The number of aromatic nitrogens is 1. The monoisotopic (exact) mass is 289 g/mol. The van der Waals surface area contributed by atoms with Gasteiger partial charge in [-0.1, -0.05) is 17.5 Å². The van der Waals surface area contributed by atoms with E-state index in [1.54, 1.807) is 0 Å². The molecule has 0 bridgehead atoms. The number of hydrogen-bond acceptors (Lipinski definition) is 3. The highest BCUT2D eigenvalue weighted by Crippen LogP contribution is 2.31. The van der Waals surface area contributed by atoms with Crippen molar-refractivity contribution in [1.82, 2.24) is 10.3 Å². The number of halogens is 1. The maximum Gasteiger partial charge on any atom is 0.129 e. The van der Waals surface area contributed by atoms with Crippen molar-refractivity contribution in [2.45, 2.75) is 38.3 Å². The fourth-order valence-corrected chi connectivity index (χ4v) is 2.43. The maximum absolute atomic E-state index is 6.24. The molecule has 4 heteroatoms. The van der Waals surface area contributed by atoms with Crippen molar-refractivity contribution in [3.8, 4) is 12.3 Å². The van der Waals surface area contributed by atoms with E-state index in [9.17, 15) is 0 Å². The van der Waals surface area contributed by atoms with Gasteiger partial charge in [0.05, 0.1) is 17.3 Å². The number of anilines is 1. The summed E-state index contributed by atoms with van der Waals surface area (Å²) in [5.74, 6) is 4.47. The number of nitrogens with one attached hydrogen (secondary N) is 1. The van der Waals surface area contributed by atoms with Gasteiger partial charge in [0.2, 0.25) is 0 Å². The summed E-state index contributed by atoms with van der Waals surface area (Å²) in [4.78, 5) is 6.90. The average molecular weight is 290 g/mol. The molecule has 1 heterocycles. The van der Waals surface area contributed by atoms with Gasteiger partial charge in [0, 0.05) is 19.1 Å². The van der Waals surface area contributed by atoms with Crippen molar-refractivity contribution in [2.24, 2.45) is 5.92 Å². The van der Waals surface area contributed by atoms with E-state index in [1.807, 2.05) is 12.1 Å². The second kappa shape index (κ2) is 6.03. The Labute approximate surface area is 125 Å². The Bertz CT molecular complexity index is 515. The van der Waals surface area contributed by atoms with Crippen LogP contribution >= 0.6 is 11.6 Å². The van der Waals surface area contributed by atoms with Crippen molar-refractivity contribution in [1.29, 1.82) is 0 Å². The summed E-state index contributed by atoms with van der Waals surface area (Å²) in [6.07, 6.45) is 10.6. The van der Waals surface area contributed by atoms with E-state index in [2.05, 4.69) is 16.1 Å². The maximum atomic E-state index is 6.24. The van der Waals surface area contributed by atoms with Gasteiger partial charge < -0.3 is 10.2 Å². The van der Waals surface area contributed by atoms with Crippen LogP contribution in [0.3, 0.4) is 0 Å². The van der Waals surface area contributed by atoms with Crippen LogP contribution in [0.1, 0.15) is 31.4 Å². The molecule has 3 nitrogen and oxygen atoms in total. The molecular weight excluding hydrogens is 270 g/mol. The first kappa shape index (κ1) is 13.7. The highest BCUT2D eigenvalue weighted by Gasteiger charge is 2.25. The van der Waals surface area contributed by atoms with Crippen LogP contribution in [0.4, 0.5) is 5.82 Å². The molecule has 0 aromatic carbocycles. The average Bonchev–Trinajstić information content (AvgIpc) is 3.32. The van der Waals surface area contributed by atoms with Gasteiger partial charge >= 0.3 is 0 Å². The predicted octanol–water partition coefficient (Wildman–Crippen LogP) is 2.84. The topological polar surface area (TPSA) is 28.2 Å². The third-order valence-corrected chi connectivity index (χ3v) is 4.17. The van der Waals surface area contributed by atoms with Gasteiger partial charge in [-0.25, -0.2) is 4.98 Å². The number of terminal acetylenes is 1. The van der Waals surface area contributed by atoms with E-state index in [0.29, 0.717) is 12.6 Å². The first-order valence-corrected chi connectivity index (χ1v) is 7.71. The number of nitrogens with zero attached hydrogens (tertiary/aromatic N) is 2. The second-order valence-corrected chi connectivity index (χ2v) is 6.19. The van der Waals surface area contributed by atoms with Crippen molar-refractivity contribution < 1.29 is 0 Å². The Balaban J connectivity index is 1.72. The highest BCUT2D eigenvalue weighted by molar-refractivity contribution is 6.31. The van der Waals surface area contributed by atoms with Gasteiger partial charge in [-0.15, -0.1) is 6.42 Å². The third-order valence-electron chi connectivity index (χ3n) is 3.82. The molecule has 2 saturated carbocycles. The van der Waals surface area contributed by atoms with Crippen LogP contribution in [-0.4, -0.2) is 24.1 Å². The minimum Gasteiger partial charge on any atom is -0.345 e. The Morgan fingerprint density at radius 1 is 1.35 bits per heavy atom. The Morgan fingerprint density at radius 2 is 2.15 bits per heavy atom. The number of rotatable bonds is 7. The lowest BCUT2D eigenvalue weighted by atomic mass is 10.3. The molecule has 0 spiro atoms. The fraction of sp³-hybridized carbons (Fsp3) is 0.562. The van der Waals surface area contributed by atoms with E-state index in [1.165, 1.54) is 25.7 Å². The lowest BCUT2D eigenvalue weighted by molar-refractivity contribution is 0.671. The van der Waals surface area contributed by atoms with Crippen LogP contribution in [0.2, 0.25) is 5.02 Å². The van der Waals surface area contributed by atoms with Crippen LogP contribution in [0.25, 0.3) is 0 Å². The van der Waals surface area contributed by atoms with Crippen molar-refractivity contribution >= 4 is 17.4 Å². The first-order valence-electron chi connectivity index (χ1n) is 7.33. The SMILES string of the molecule is C#CCN(CC1CC1)c1ccc(Cl)c(CNC2CC2)n1. The molecule has 1 aromatic heterocycles. The van der Waals surface area contributed by atoms with Crippen molar-refractivity contribution in [2.75, 3.05) is 18.0 Å². The van der Waals surface area contributed by atoms with Gasteiger partial charge in [0.15, 0.2) is 0 Å². The fourth-order valence-electron chi connectivity index (χ4n) is 2.26. The van der Waals surface area contributed by atoms with E-state index in [-0.39, 0.29) is 0 Å². The van der Waals surface area contributed by atoms with Gasteiger partial charge in [-0.2, -0.15) is 0 Å². The zero-order valence-corrected chi connectivity index (χ0v) is 12.4. The van der Waals surface area contributed by atoms with Crippen LogP contribution in [-0.2, 0) is 6.54 Å². The van der Waals surface area contributed by atoms with Crippen molar-refractivity contribution in [3.05, 3.63) is 22.8 Å². The molecule has 0 atom stereocenters. The zero-order chi connectivity index (χ0) is 13.9. The quantitative estimate of drug-likeness (QED) is 0.783. The van der Waals surface area contributed by atoms with Crippen LogP contribution < -0.4 is 10.2 Å². The summed E-state index contributed by atoms with van der Waals surface area (Å²) in [6, 6.07) is 4.57. The predicted molar refractivity (Wildman–Crippen MR) is 82.9 cm³/mol. The smallest absolute Gasteiger partial charge is 0.129 e. The molecule has 0 saturated heterocycles. The van der Waals surface area contributed by atoms with Gasteiger partial charge in [0.1, 0.15) is 5.82 Å². The normalized spacial score (nSPS) is 17.8. The molecule has 3 rings (SSSR count). The molecular formula is C16H20ClN3. The Morgan fingerprint density at radius 3 is 2.80 bits per heavy atom. The third kappa shape index (κ3) is 3.65. The Hall–Kier alpha value is -1.24. The molecule has 1 N–H and O–H groups in total. The summed E-state index contributed by atoms with van der Waals surface area (Å²) in [6.45, 7) is 2.36. The molecule has 0 amide bonds. The highest BCUT2D eigenvalue weighted by atomic mass is 35.5. The number of pyridine rings is 1. The van der Waals surface area contributed by atoms with Crippen LogP contribution in [0.15, 0.2) is 12.1 Å². The molecule has 20 heavy (non-hydrogen) atoms. The van der Waals surface area contributed by atoms with Gasteiger partial charge in [0.25, 0.3) is 0 Å². The van der Waals surface area contributed by atoms with E-state index in [0.717, 1.165) is 35.5 Å². The molecule has 2 fully saturated rings. The number of hydrogen-bond donors (Lipinski definition) is 1. The van der Waals surface area contributed by atoms with E-state index < -0.39 is 0 Å². The minimum absolute atomic E-state index is 0.612. The summed E-state index contributed by atoms with van der Waals surface area (Å²) in [5, 5.41) is 4.19. The molecule has 106 valence electrons. The van der Waals surface area contributed by atoms with Crippen molar-refractivity contribution in [3.63, 3.8) is 0 Å². The van der Waals surface area contributed by atoms with Gasteiger partial charge in [-0.05, 0) is 43.7 Å². The summed E-state index contributed by atoms with van der Waals surface area (Å²) in [5.41, 5.74) is 0.925. The lowest BCUT2D eigenvalue weighted by Gasteiger charge is -2.22. The standard InChI is InChI=1S/C16H20ClN3/c1-2-9-20(11-12-3-4-12)16-8-7-14(17)15(19-16)10-18-13-5-6-13/h1,7-8,12-13,18H,3-6,9-11H2. The lowest BCUT2D eigenvalue weighted by Crippen LogP contribution is -2.27. The molecule has 2 aliphatic rings. The van der Waals surface area contributed by atoms with E-state index in [4.69, 9.17) is 23.0 Å². The van der Waals surface area contributed by atoms with E-state index >= 15 is 0 Å². The summed E-state index contributed by atoms with van der Waals surface area (Å²) >= 11 is 6.24. The Kier molecular flexibility index (Phi) is 4.14.